The first-order chi connectivity index (χ1) is 12.8. The predicted molar refractivity (Wildman–Crippen MR) is 109 cm³/mol. The van der Waals surface area contributed by atoms with Crippen molar-refractivity contribution < 1.29 is 14.3 Å². The lowest BCUT2D eigenvalue weighted by Crippen LogP contribution is -2.40. The number of nitrogens with one attached hydrogen (secondary N) is 1. The van der Waals surface area contributed by atoms with E-state index in [1.807, 2.05) is 31.7 Å². The molecule has 0 radical (unpaired) electrons. The van der Waals surface area contributed by atoms with Crippen molar-refractivity contribution in [2.75, 3.05) is 13.1 Å². The van der Waals surface area contributed by atoms with Gasteiger partial charge in [-0.3, -0.25) is 4.79 Å². The summed E-state index contributed by atoms with van der Waals surface area (Å²) in [6.45, 7) is 6.66. The fourth-order valence-electron chi connectivity index (χ4n) is 3.23. The number of fused-ring (bicyclic) bond motifs is 1. The van der Waals surface area contributed by atoms with Crippen LogP contribution in [0, 0.1) is 0 Å². The normalized spacial score (nSPS) is 16.7. The van der Waals surface area contributed by atoms with Gasteiger partial charge >= 0.3 is 6.09 Å². The van der Waals surface area contributed by atoms with E-state index < -0.39 is 11.7 Å². The van der Waals surface area contributed by atoms with Gasteiger partial charge in [0.2, 0.25) is 5.91 Å². The Hall–Kier alpha value is -1.86. The molecule has 0 saturated heterocycles. The van der Waals surface area contributed by atoms with E-state index in [0.29, 0.717) is 19.4 Å². The summed E-state index contributed by atoms with van der Waals surface area (Å²) in [6.07, 6.45) is 1.49. The molecule has 0 aromatic carbocycles. The third kappa shape index (κ3) is 5.11. The Morgan fingerprint density at radius 2 is 2.07 bits per heavy atom. The number of hydrogen-bond acceptors (Lipinski definition) is 5. The summed E-state index contributed by atoms with van der Waals surface area (Å²) in [7, 11) is 0. The van der Waals surface area contributed by atoms with Gasteiger partial charge in [0.15, 0.2) is 0 Å². The molecular weight excluding hydrogens is 380 g/mol. The lowest BCUT2D eigenvalue weighted by atomic mass is 9.98. The van der Waals surface area contributed by atoms with Crippen molar-refractivity contribution >= 4 is 34.7 Å². The van der Waals surface area contributed by atoms with Gasteiger partial charge in [-0.05, 0) is 62.1 Å². The molecule has 1 aliphatic heterocycles. The Bertz CT molecular complexity index is 778. The van der Waals surface area contributed by atoms with Crippen molar-refractivity contribution in [2.45, 2.75) is 51.7 Å². The van der Waals surface area contributed by atoms with Crippen molar-refractivity contribution in [2.24, 2.45) is 0 Å². The summed E-state index contributed by atoms with van der Waals surface area (Å²) < 4.78 is 5.21. The van der Waals surface area contributed by atoms with E-state index >= 15 is 0 Å². The molecule has 146 valence electrons. The van der Waals surface area contributed by atoms with Crippen molar-refractivity contribution in [1.29, 1.82) is 0 Å². The quantitative estimate of drug-likeness (QED) is 0.739. The van der Waals surface area contributed by atoms with Crippen LogP contribution < -0.4 is 5.32 Å². The maximum Gasteiger partial charge on any atom is 0.407 e. The Labute approximate surface area is 168 Å². The number of hydrogen-bond donors (Lipinski definition) is 1. The molecule has 1 N–H and O–H groups in total. The zero-order chi connectivity index (χ0) is 19.4. The number of ether oxygens (including phenoxy) is 1. The maximum absolute atomic E-state index is 12.9. The van der Waals surface area contributed by atoms with Crippen molar-refractivity contribution in [1.82, 2.24) is 10.2 Å². The third-order valence-electron chi connectivity index (χ3n) is 4.33. The Kier molecular flexibility index (Phi) is 6.22. The average Bonchev–Trinajstić information content (AvgIpc) is 3.27. The topological polar surface area (TPSA) is 58.6 Å². The molecule has 3 heterocycles. The molecule has 1 atom stereocenters. The van der Waals surface area contributed by atoms with Gasteiger partial charge < -0.3 is 15.0 Å². The molecule has 2 aromatic heterocycles. The predicted octanol–water partition coefficient (Wildman–Crippen LogP) is 4.59. The molecule has 3 rings (SSSR count). The highest BCUT2D eigenvalue weighted by Gasteiger charge is 2.33. The van der Waals surface area contributed by atoms with Gasteiger partial charge in [-0.1, -0.05) is 6.07 Å². The van der Waals surface area contributed by atoms with Crippen molar-refractivity contribution in [3.63, 3.8) is 0 Å². The molecule has 7 heteroatoms. The minimum Gasteiger partial charge on any atom is -0.444 e. The van der Waals surface area contributed by atoms with Gasteiger partial charge in [-0.15, -0.1) is 22.7 Å². The molecule has 2 aromatic rings. The fourth-order valence-corrected chi connectivity index (χ4v) is 4.98. The second kappa shape index (κ2) is 8.44. The summed E-state index contributed by atoms with van der Waals surface area (Å²) in [5, 5.41) is 6.89. The van der Waals surface area contributed by atoms with E-state index in [0.717, 1.165) is 13.0 Å². The molecule has 0 spiro atoms. The zero-order valence-electron chi connectivity index (χ0n) is 16.0. The van der Waals surface area contributed by atoms with E-state index in [4.69, 9.17) is 4.74 Å². The minimum atomic E-state index is -0.514. The van der Waals surface area contributed by atoms with Crippen LogP contribution in [-0.2, 0) is 16.0 Å². The van der Waals surface area contributed by atoms with Gasteiger partial charge in [0.25, 0.3) is 0 Å². The largest absolute Gasteiger partial charge is 0.444 e. The van der Waals surface area contributed by atoms with Crippen LogP contribution in [0.5, 0.6) is 0 Å². The summed E-state index contributed by atoms with van der Waals surface area (Å²) in [4.78, 5) is 29.2. The number of alkyl carbamates (subject to hydrolysis) is 1. The van der Waals surface area contributed by atoms with Crippen LogP contribution in [0.3, 0.4) is 0 Å². The summed E-state index contributed by atoms with van der Waals surface area (Å²) >= 11 is 3.47. The molecule has 27 heavy (non-hydrogen) atoms. The Morgan fingerprint density at radius 3 is 2.78 bits per heavy atom. The molecule has 5 nitrogen and oxygen atoms in total. The second-order valence-electron chi connectivity index (χ2n) is 7.59. The summed E-state index contributed by atoms with van der Waals surface area (Å²) in [6, 6.07) is 6.31. The molecule has 0 fully saturated rings. The molecule has 2 amide bonds. The highest BCUT2D eigenvalue weighted by atomic mass is 32.1. The maximum atomic E-state index is 12.9. The molecule has 0 aliphatic carbocycles. The highest BCUT2D eigenvalue weighted by Crippen LogP contribution is 2.39. The third-order valence-corrected chi connectivity index (χ3v) is 6.26. The standard InChI is InChI=1S/C20H26N2O3S2/c1-20(2,3)25-19(24)21-10-4-7-17(23)22-11-8-15-14(9-13-27-15)18(22)16-6-5-12-26-16/h5-6,9,12-13,18H,4,7-8,10-11H2,1-3H3,(H,21,24)/t18-/m0/s1. The number of nitrogens with zero attached hydrogens (tertiary/aromatic N) is 1. The van der Waals surface area contributed by atoms with Gasteiger partial charge in [-0.25, -0.2) is 4.79 Å². The van der Waals surface area contributed by atoms with Gasteiger partial charge in [-0.2, -0.15) is 0 Å². The number of rotatable bonds is 5. The number of amides is 2. The van der Waals surface area contributed by atoms with Crippen molar-refractivity contribution in [3.8, 4) is 0 Å². The molecular formula is C20H26N2O3S2. The average molecular weight is 407 g/mol. The molecule has 0 bridgehead atoms. The first-order valence-corrected chi connectivity index (χ1v) is 11.0. The van der Waals surface area contributed by atoms with Crippen LogP contribution in [0.2, 0.25) is 0 Å². The molecule has 0 unspecified atom stereocenters. The molecule has 0 saturated carbocycles. The van der Waals surface area contributed by atoms with Crippen LogP contribution in [0.15, 0.2) is 29.0 Å². The van der Waals surface area contributed by atoms with Crippen LogP contribution in [0.4, 0.5) is 4.79 Å². The lowest BCUT2D eigenvalue weighted by molar-refractivity contribution is -0.133. The van der Waals surface area contributed by atoms with E-state index in [9.17, 15) is 9.59 Å². The van der Waals surface area contributed by atoms with E-state index in [2.05, 4.69) is 28.2 Å². The van der Waals surface area contributed by atoms with Gasteiger partial charge in [0, 0.05) is 29.3 Å². The first kappa shape index (κ1) is 19.9. The smallest absolute Gasteiger partial charge is 0.407 e. The summed E-state index contributed by atoms with van der Waals surface area (Å²) in [5.74, 6) is 0.135. The minimum absolute atomic E-state index is 0.0197. The van der Waals surface area contributed by atoms with Crippen LogP contribution >= 0.6 is 22.7 Å². The number of thiophene rings is 2. The first-order valence-electron chi connectivity index (χ1n) is 9.21. The van der Waals surface area contributed by atoms with E-state index in [1.165, 1.54) is 15.3 Å². The Morgan fingerprint density at radius 1 is 1.26 bits per heavy atom. The zero-order valence-corrected chi connectivity index (χ0v) is 17.6. The van der Waals surface area contributed by atoms with Crippen LogP contribution in [-0.4, -0.2) is 35.6 Å². The SMILES string of the molecule is CC(C)(C)OC(=O)NCCCC(=O)N1CCc2sccc2[C@H]1c1cccs1. The lowest BCUT2D eigenvalue weighted by Gasteiger charge is -2.35. The van der Waals surface area contributed by atoms with Crippen molar-refractivity contribution in [3.05, 3.63) is 44.3 Å². The highest BCUT2D eigenvalue weighted by molar-refractivity contribution is 7.10. The van der Waals surface area contributed by atoms with E-state index in [1.54, 1.807) is 22.7 Å². The van der Waals surface area contributed by atoms with Gasteiger partial charge in [0.1, 0.15) is 5.60 Å². The fraction of sp³-hybridized carbons (Fsp3) is 0.500. The second-order valence-corrected chi connectivity index (χ2v) is 9.57. The number of carbonyl (C=O) groups is 2. The van der Waals surface area contributed by atoms with Crippen LogP contribution in [0.1, 0.15) is 55.0 Å². The summed E-state index contributed by atoms with van der Waals surface area (Å²) in [5.41, 5.74) is 0.744. The van der Waals surface area contributed by atoms with Crippen LogP contribution in [0.25, 0.3) is 0 Å². The Balaban J connectivity index is 1.57. The van der Waals surface area contributed by atoms with Gasteiger partial charge in [0.05, 0.1) is 6.04 Å². The number of carbonyl (C=O) groups excluding carboxylic acids is 2. The van der Waals surface area contributed by atoms with E-state index in [-0.39, 0.29) is 11.9 Å². The monoisotopic (exact) mass is 406 g/mol. The molecule has 1 aliphatic rings.